The Bertz CT molecular complexity index is 1460. The van der Waals surface area contributed by atoms with E-state index >= 15 is 0 Å². The molecule has 0 fully saturated rings. The van der Waals surface area contributed by atoms with Gasteiger partial charge >= 0.3 is 0 Å². The van der Waals surface area contributed by atoms with E-state index < -0.39 is 28.5 Å². The predicted octanol–water partition coefficient (Wildman–Crippen LogP) is 6.53. The molecule has 0 heterocycles. The number of anilines is 1. The highest BCUT2D eigenvalue weighted by Crippen LogP contribution is 2.30. The summed E-state index contributed by atoms with van der Waals surface area (Å²) in [6.07, 6.45) is 1.07. The maximum absolute atomic E-state index is 14.2. The molecule has 0 saturated carbocycles. The van der Waals surface area contributed by atoms with Crippen molar-refractivity contribution in [3.63, 3.8) is 0 Å². The number of hydrogen-bond acceptors (Lipinski definition) is 4. The van der Waals surface area contributed by atoms with Crippen LogP contribution in [-0.2, 0) is 26.2 Å². The van der Waals surface area contributed by atoms with Gasteiger partial charge in [-0.3, -0.25) is 13.9 Å². The first-order chi connectivity index (χ1) is 19.4. The molecule has 3 aromatic rings. The van der Waals surface area contributed by atoms with E-state index in [0.29, 0.717) is 27.7 Å². The van der Waals surface area contributed by atoms with Crippen molar-refractivity contribution in [2.45, 2.75) is 71.0 Å². The average molecular weight is 619 g/mol. The molecule has 220 valence electrons. The number of hydrogen-bond donors (Lipinski definition) is 1. The molecule has 0 aromatic heterocycles. The summed E-state index contributed by atoms with van der Waals surface area (Å²) in [5.41, 5.74) is 2.58. The summed E-state index contributed by atoms with van der Waals surface area (Å²) in [6.45, 7) is 8.88. The molecule has 0 saturated heterocycles. The Morgan fingerprint density at radius 2 is 1.49 bits per heavy atom. The maximum Gasteiger partial charge on any atom is 0.264 e. The summed E-state index contributed by atoms with van der Waals surface area (Å²) >= 11 is 12.3. The first-order valence-electron chi connectivity index (χ1n) is 13.6. The second-order valence-corrected chi connectivity index (χ2v) is 12.9. The zero-order chi connectivity index (χ0) is 30.3. The van der Waals surface area contributed by atoms with Gasteiger partial charge in [-0.25, -0.2) is 8.42 Å². The van der Waals surface area contributed by atoms with Gasteiger partial charge in [-0.15, -0.1) is 0 Å². The molecule has 0 aliphatic heterocycles. The minimum Gasteiger partial charge on any atom is -0.352 e. The maximum atomic E-state index is 14.2. The van der Waals surface area contributed by atoms with Gasteiger partial charge in [-0.1, -0.05) is 66.9 Å². The van der Waals surface area contributed by atoms with Crippen molar-refractivity contribution in [3.05, 3.63) is 93.5 Å². The average Bonchev–Trinajstić information content (AvgIpc) is 2.93. The summed E-state index contributed by atoms with van der Waals surface area (Å²) in [5, 5.41) is 3.96. The summed E-state index contributed by atoms with van der Waals surface area (Å²) in [5.74, 6) is -0.809. The molecule has 1 N–H and O–H groups in total. The third-order valence-electron chi connectivity index (χ3n) is 6.97. The number of carbonyl (C=O) groups excluding carboxylic acids is 2. The molecule has 7 nitrogen and oxygen atoms in total. The highest BCUT2D eigenvalue weighted by molar-refractivity contribution is 7.92. The molecule has 3 rings (SSSR count). The molecule has 0 unspecified atom stereocenters. The van der Waals surface area contributed by atoms with Crippen molar-refractivity contribution in [2.75, 3.05) is 10.8 Å². The minimum absolute atomic E-state index is 0.0519. The van der Waals surface area contributed by atoms with Crippen LogP contribution >= 0.6 is 23.2 Å². The topological polar surface area (TPSA) is 86.8 Å². The van der Waals surface area contributed by atoms with Crippen molar-refractivity contribution in [1.29, 1.82) is 0 Å². The summed E-state index contributed by atoms with van der Waals surface area (Å²) < 4.78 is 29.1. The smallest absolute Gasteiger partial charge is 0.264 e. The van der Waals surface area contributed by atoms with Crippen LogP contribution in [0.15, 0.2) is 71.6 Å². The van der Waals surface area contributed by atoms with Crippen LogP contribution in [0.25, 0.3) is 0 Å². The lowest BCUT2D eigenvalue weighted by atomic mass is 10.1. The Hall–Kier alpha value is -3.07. The monoisotopic (exact) mass is 617 g/mol. The fraction of sp³-hybridized carbons (Fsp3) is 0.355. The van der Waals surface area contributed by atoms with Crippen molar-refractivity contribution < 1.29 is 18.0 Å². The van der Waals surface area contributed by atoms with Gasteiger partial charge in [0, 0.05) is 22.6 Å². The van der Waals surface area contributed by atoms with Gasteiger partial charge in [-0.2, -0.15) is 0 Å². The van der Waals surface area contributed by atoms with E-state index in [-0.39, 0.29) is 23.4 Å². The Labute approximate surface area is 253 Å². The summed E-state index contributed by atoms with van der Waals surface area (Å²) in [6, 6.07) is 17.4. The van der Waals surface area contributed by atoms with E-state index in [1.807, 2.05) is 27.7 Å². The molecular weight excluding hydrogens is 581 g/mol. The largest absolute Gasteiger partial charge is 0.352 e. The van der Waals surface area contributed by atoms with Gasteiger partial charge in [0.1, 0.15) is 12.6 Å². The van der Waals surface area contributed by atoms with Crippen molar-refractivity contribution >= 4 is 50.7 Å². The van der Waals surface area contributed by atoms with Crippen LogP contribution in [0.3, 0.4) is 0 Å². The minimum atomic E-state index is -4.16. The lowest BCUT2D eigenvalue weighted by Crippen LogP contribution is -2.53. The molecule has 2 atom stereocenters. The molecule has 3 aromatic carbocycles. The molecule has 0 bridgehead atoms. The van der Waals surface area contributed by atoms with E-state index in [1.165, 1.54) is 17.0 Å². The van der Waals surface area contributed by atoms with Crippen molar-refractivity contribution in [2.24, 2.45) is 0 Å². The lowest BCUT2D eigenvalue weighted by Gasteiger charge is -2.34. The number of rotatable bonds is 12. The van der Waals surface area contributed by atoms with Crippen LogP contribution in [0.1, 0.15) is 50.3 Å². The molecule has 0 aliphatic carbocycles. The number of carbonyl (C=O) groups is 2. The van der Waals surface area contributed by atoms with E-state index in [4.69, 9.17) is 23.2 Å². The fourth-order valence-electron chi connectivity index (χ4n) is 4.40. The molecule has 0 spiro atoms. The quantitative estimate of drug-likeness (QED) is 0.250. The third kappa shape index (κ3) is 8.24. The van der Waals surface area contributed by atoms with Crippen LogP contribution in [0.2, 0.25) is 10.0 Å². The van der Waals surface area contributed by atoms with Crippen molar-refractivity contribution in [1.82, 2.24) is 10.2 Å². The van der Waals surface area contributed by atoms with Crippen LogP contribution in [-0.4, -0.2) is 43.8 Å². The van der Waals surface area contributed by atoms with E-state index in [1.54, 1.807) is 61.5 Å². The highest BCUT2D eigenvalue weighted by Gasteiger charge is 2.34. The second-order valence-electron chi connectivity index (χ2n) is 10.1. The molecule has 0 radical (unpaired) electrons. The first kappa shape index (κ1) is 32.4. The number of aryl methyl sites for hydroxylation is 2. The fourth-order valence-corrected chi connectivity index (χ4v) is 6.23. The SMILES string of the molecule is CC[C@@H](C)NC(=O)[C@H](CC)N(Cc1ccc(Cl)cc1)C(=O)CN(c1ccc(Cl)cc1C)S(=O)(=O)c1ccc(C)cc1. The Balaban J connectivity index is 2.09. The van der Waals surface area contributed by atoms with Crippen LogP contribution in [0.4, 0.5) is 5.69 Å². The second kappa shape index (κ2) is 14.2. The number of halogens is 2. The molecular formula is C31H37Cl2N3O4S. The highest BCUT2D eigenvalue weighted by atomic mass is 35.5. The number of amides is 2. The van der Waals surface area contributed by atoms with Gasteiger partial charge in [0.2, 0.25) is 11.8 Å². The summed E-state index contributed by atoms with van der Waals surface area (Å²) in [4.78, 5) is 29.0. The lowest BCUT2D eigenvalue weighted by molar-refractivity contribution is -0.140. The first-order valence-corrected chi connectivity index (χ1v) is 15.8. The number of benzene rings is 3. The number of nitrogens with one attached hydrogen (secondary N) is 1. The molecule has 0 aliphatic rings. The van der Waals surface area contributed by atoms with Crippen LogP contribution in [0.5, 0.6) is 0 Å². The molecule has 41 heavy (non-hydrogen) atoms. The van der Waals surface area contributed by atoms with Gasteiger partial charge < -0.3 is 10.2 Å². The standard InChI is InChI=1S/C31H37Cl2N3O4S/c1-6-23(5)34-31(38)28(7-2)35(19-24-10-12-25(32)13-11-24)30(37)20-36(29-17-14-26(33)18-22(29)4)41(39,40)27-15-8-21(3)9-16-27/h8-18,23,28H,6-7,19-20H2,1-5H3,(H,34,38)/t23-,28+/m1/s1. The Kier molecular flexibility index (Phi) is 11.2. The zero-order valence-electron chi connectivity index (χ0n) is 24.0. The molecule has 2 amide bonds. The predicted molar refractivity (Wildman–Crippen MR) is 166 cm³/mol. The van der Waals surface area contributed by atoms with E-state index in [9.17, 15) is 18.0 Å². The molecule has 10 heteroatoms. The van der Waals surface area contributed by atoms with Gasteiger partial charge in [0.05, 0.1) is 10.6 Å². The van der Waals surface area contributed by atoms with Crippen LogP contribution < -0.4 is 9.62 Å². The van der Waals surface area contributed by atoms with E-state index in [0.717, 1.165) is 21.9 Å². The third-order valence-corrected chi connectivity index (χ3v) is 9.23. The van der Waals surface area contributed by atoms with Gasteiger partial charge in [0.25, 0.3) is 10.0 Å². The normalized spacial score (nSPS) is 12.9. The number of sulfonamides is 1. The van der Waals surface area contributed by atoms with Gasteiger partial charge in [-0.05, 0) is 87.2 Å². The van der Waals surface area contributed by atoms with Crippen LogP contribution in [0, 0.1) is 13.8 Å². The zero-order valence-corrected chi connectivity index (χ0v) is 26.4. The number of nitrogens with zero attached hydrogens (tertiary/aromatic N) is 2. The summed E-state index contributed by atoms with van der Waals surface area (Å²) in [7, 11) is -4.16. The van der Waals surface area contributed by atoms with Crippen molar-refractivity contribution in [3.8, 4) is 0 Å². The Morgan fingerprint density at radius 1 is 0.878 bits per heavy atom. The van der Waals surface area contributed by atoms with Gasteiger partial charge in [0.15, 0.2) is 0 Å². The van der Waals surface area contributed by atoms with E-state index in [2.05, 4.69) is 5.32 Å². The Morgan fingerprint density at radius 3 is 2.05 bits per heavy atom.